The van der Waals surface area contributed by atoms with Gasteiger partial charge >= 0.3 is 26.5 Å². The van der Waals surface area contributed by atoms with E-state index in [1.807, 2.05) is 0 Å². The van der Waals surface area contributed by atoms with E-state index in [1.165, 1.54) is 31.0 Å². The molecule has 5 heteroatoms. The molecule has 3 nitrogen and oxygen atoms in total. The van der Waals surface area contributed by atoms with E-state index in [1.54, 1.807) is 0 Å². The Labute approximate surface area is 68.6 Å². The number of rotatable bonds is 3. The number of aliphatic hydroxyl groups excluding tert-OH is 1. The van der Waals surface area contributed by atoms with Gasteiger partial charge in [0.25, 0.3) is 0 Å². The van der Waals surface area contributed by atoms with Crippen LogP contribution in [0.1, 0.15) is 0 Å². The fourth-order valence-corrected chi connectivity index (χ4v) is 0.245. The molecule has 0 bridgehead atoms. The van der Waals surface area contributed by atoms with E-state index >= 15 is 0 Å². The Morgan fingerprint density at radius 1 is 1.44 bits per heavy atom. The third-order valence-electron chi connectivity index (χ3n) is 0.675. The number of hydrogen-bond acceptors (Lipinski definition) is 3. The van der Waals surface area contributed by atoms with Crippen molar-refractivity contribution < 1.29 is 14.6 Å². The summed E-state index contributed by atoms with van der Waals surface area (Å²) in [5.74, 6) is 0. The van der Waals surface area contributed by atoms with Gasteiger partial charge in [0.1, 0.15) is 0 Å². The molecule has 0 aliphatic rings. The summed E-state index contributed by atoms with van der Waals surface area (Å²) in [5.41, 5.74) is 0. The number of ether oxygens (including phenoxy) is 2. The molecule has 0 saturated heterocycles. The summed E-state index contributed by atoms with van der Waals surface area (Å²) in [5, 5.41) is 8.28. The molecule has 0 aliphatic carbocycles. The molecule has 52 valence electrons. The van der Waals surface area contributed by atoms with Gasteiger partial charge in [-0.3, -0.25) is 0 Å². The molecule has 0 aromatic heterocycles. The van der Waals surface area contributed by atoms with Crippen LogP contribution in [0.15, 0.2) is 0 Å². The van der Waals surface area contributed by atoms with Crippen LogP contribution in [0.4, 0.5) is 0 Å². The number of methoxy groups -OCH3 is 2. The number of hydrogen-bond donors (Lipinski definition) is 1. The standard InChI is InChI=1S/C4H10O3.ClH.Li/c1-6-4(3-5)7-2;;/h4-5H,3H2,1-2H3;1H;/q;;+1/p-1. The molecule has 0 fully saturated rings. The number of aliphatic hydroxyl groups is 1. The Balaban J connectivity index is 0. The molecule has 0 amide bonds. The van der Waals surface area contributed by atoms with E-state index in [0.29, 0.717) is 0 Å². The molecular weight excluding hydrogens is 138 g/mol. The predicted molar refractivity (Wildman–Crippen MR) is 36.5 cm³/mol. The first kappa shape index (κ1) is 12.4. The topological polar surface area (TPSA) is 38.7 Å². The van der Waals surface area contributed by atoms with Crippen molar-refractivity contribution in [3.8, 4) is 0 Å². The van der Waals surface area contributed by atoms with Gasteiger partial charge in [-0.2, -0.15) is 0 Å². The molecule has 0 atom stereocenters. The molecule has 0 saturated carbocycles. The molecule has 0 unspecified atom stereocenters. The zero-order valence-corrected chi connectivity index (χ0v) is 6.68. The zero-order valence-electron chi connectivity index (χ0n) is 5.93. The van der Waals surface area contributed by atoms with Crippen LogP contribution in [0.5, 0.6) is 0 Å². The zero-order chi connectivity index (χ0) is 7.70. The van der Waals surface area contributed by atoms with E-state index in [0.717, 1.165) is 0 Å². The van der Waals surface area contributed by atoms with Gasteiger partial charge in [-0.15, -0.1) is 0 Å². The van der Waals surface area contributed by atoms with Crippen molar-refractivity contribution in [1.29, 1.82) is 0 Å². The average Bonchev–Trinajstić information content (AvgIpc) is 1.96. The van der Waals surface area contributed by atoms with Crippen LogP contribution in [-0.4, -0.2) is 49.0 Å². The van der Waals surface area contributed by atoms with Crippen LogP contribution < -0.4 is 0 Å². The van der Waals surface area contributed by atoms with Crippen molar-refractivity contribution in [3.05, 3.63) is 0 Å². The second-order valence-corrected chi connectivity index (χ2v) is 1.08. The van der Waals surface area contributed by atoms with Gasteiger partial charge in [-0.05, 0) is 0 Å². The quantitative estimate of drug-likeness (QED) is 0.449. The van der Waals surface area contributed by atoms with E-state index < -0.39 is 6.29 Å². The SMILES string of the molecule is COC(CO)OC.[Li][Cl]. The second-order valence-electron chi connectivity index (χ2n) is 1.08. The second kappa shape index (κ2) is 11.5. The molecule has 0 aliphatic heterocycles. The first-order chi connectivity index (χ1) is 4.35. The third-order valence-corrected chi connectivity index (χ3v) is 0.675. The normalized spacial score (nSPS) is 8.78. The van der Waals surface area contributed by atoms with Gasteiger partial charge in [0, 0.05) is 14.2 Å². The molecule has 0 aromatic rings. The van der Waals surface area contributed by atoms with Gasteiger partial charge < -0.3 is 14.6 Å². The van der Waals surface area contributed by atoms with E-state index in [-0.39, 0.29) is 6.61 Å². The average molecular weight is 149 g/mol. The van der Waals surface area contributed by atoms with Gasteiger partial charge in [0.05, 0.1) is 6.61 Å². The summed E-state index contributed by atoms with van der Waals surface area (Å²) in [6.45, 7) is -0.0903. The molecule has 1 N–H and O–H groups in total. The summed E-state index contributed by atoms with van der Waals surface area (Å²) in [7, 11) is 7.59. The monoisotopic (exact) mass is 148 g/mol. The van der Waals surface area contributed by atoms with Crippen LogP contribution in [0.25, 0.3) is 0 Å². The summed E-state index contributed by atoms with van der Waals surface area (Å²) < 4.78 is 9.15. The summed E-state index contributed by atoms with van der Waals surface area (Å²) in [6.07, 6.45) is -0.458. The molecule has 0 radical (unpaired) electrons. The van der Waals surface area contributed by atoms with Crippen LogP contribution in [0, 0.1) is 0 Å². The van der Waals surface area contributed by atoms with Gasteiger partial charge in [0.15, 0.2) is 6.29 Å². The van der Waals surface area contributed by atoms with Crippen molar-refractivity contribution in [2.75, 3.05) is 20.8 Å². The van der Waals surface area contributed by atoms with E-state index in [9.17, 15) is 0 Å². The summed E-state index contributed by atoms with van der Waals surface area (Å²) in [4.78, 5) is 0. The van der Waals surface area contributed by atoms with Crippen molar-refractivity contribution in [2.45, 2.75) is 6.29 Å². The van der Waals surface area contributed by atoms with Crippen LogP contribution >= 0.6 is 9.80 Å². The fraction of sp³-hybridized carbons (Fsp3) is 1.00. The van der Waals surface area contributed by atoms with Crippen LogP contribution in [0.2, 0.25) is 0 Å². The molecule has 0 heterocycles. The van der Waals surface area contributed by atoms with Gasteiger partial charge in [-0.25, -0.2) is 0 Å². The molecule has 0 spiro atoms. The maximum absolute atomic E-state index is 8.28. The summed E-state index contributed by atoms with van der Waals surface area (Å²) >= 11 is 1.47. The summed E-state index contributed by atoms with van der Waals surface area (Å²) in [6, 6.07) is 0. The predicted octanol–water partition coefficient (Wildman–Crippen LogP) is -0.0937. The van der Waals surface area contributed by atoms with Crippen molar-refractivity contribution >= 4 is 26.5 Å². The van der Waals surface area contributed by atoms with Crippen molar-refractivity contribution in [2.24, 2.45) is 0 Å². The van der Waals surface area contributed by atoms with Gasteiger partial charge in [-0.1, -0.05) is 0 Å². The Bertz CT molecular complexity index is 37.3. The third kappa shape index (κ3) is 8.77. The Morgan fingerprint density at radius 2 is 1.78 bits per heavy atom. The van der Waals surface area contributed by atoms with E-state index in [2.05, 4.69) is 19.3 Å². The molecular formula is C4H10ClLiO3. The Hall–Kier alpha value is 0.767. The minimum atomic E-state index is -0.458. The minimum absolute atomic E-state index is 0.0903. The van der Waals surface area contributed by atoms with E-state index in [4.69, 9.17) is 5.11 Å². The number of halogens is 1. The van der Waals surface area contributed by atoms with Crippen molar-refractivity contribution in [1.82, 2.24) is 0 Å². The van der Waals surface area contributed by atoms with Crippen LogP contribution in [-0.2, 0) is 9.47 Å². The Kier molecular flexibility index (Phi) is 16.0. The van der Waals surface area contributed by atoms with Crippen molar-refractivity contribution in [3.63, 3.8) is 0 Å². The molecule has 0 aromatic carbocycles. The Morgan fingerprint density at radius 3 is 1.78 bits per heavy atom. The fourth-order valence-electron chi connectivity index (χ4n) is 0.245. The molecule has 9 heavy (non-hydrogen) atoms. The first-order valence-corrected chi connectivity index (χ1v) is 3.15. The first-order valence-electron chi connectivity index (χ1n) is 2.39. The van der Waals surface area contributed by atoms with Gasteiger partial charge in [0.2, 0.25) is 0 Å². The van der Waals surface area contributed by atoms with Crippen LogP contribution in [0.3, 0.4) is 0 Å². The molecule has 0 rings (SSSR count). The maximum atomic E-state index is 8.28.